The van der Waals surface area contributed by atoms with E-state index in [0.717, 1.165) is 18.1 Å². The predicted octanol–water partition coefficient (Wildman–Crippen LogP) is 0.766. The number of anilines is 1. The van der Waals surface area contributed by atoms with Gasteiger partial charge in [-0.15, -0.1) is 5.10 Å². The van der Waals surface area contributed by atoms with Gasteiger partial charge in [-0.25, -0.2) is 18.9 Å². The third-order valence-electron chi connectivity index (χ3n) is 2.87. The molecule has 0 aliphatic carbocycles. The fourth-order valence-electron chi connectivity index (χ4n) is 1.98. The third-order valence-corrected chi connectivity index (χ3v) is 2.87. The van der Waals surface area contributed by atoms with Gasteiger partial charge in [-0.1, -0.05) is 6.07 Å². The van der Waals surface area contributed by atoms with Crippen LogP contribution in [-0.4, -0.2) is 30.7 Å². The van der Waals surface area contributed by atoms with Crippen LogP contribution in [0.5, 0.6) is 0 Å². The summed E-state index contributed by atoms with van der Waals surface area (Å²) in [6.45, 7) is 3.14. The van der Waals surface area contributed by atoms with Crippen molar-refractivity contribution in [3.05, 3.63) is 53.0 Å². The molecular formula is C13H14N6O. The maximum absolute atomic E-state index is 12.1. The summed E-state index contributed by atoms with van der Waals surface area (Å²) < 4.78 is 2.84. The zero-order valence-corrected chi connectivity index (χ0v) is 11.0. The van der Waals surface area contributed by atoms with Gasteiger partial charge < -0.3 is 5.32 Å². The number of rotatable bonds is 4. The maximum atomic E-state index is 12.1. The number of pyridine rings is 1. The zero-order chi connectivity index (χ0) is 13.9. The number of nitrogens with zero attached hydrogens (tertiary/aromatic N) is 5. The Hall–Kier alpha value is -2.70. The molecule has 7 heteroatoms. The largest absolute Gasteiger partial charge is 0.370 e. The minimum absolute atomic E-state index is 0.196. The Kier molecular flexibility index (Phi) is 3.16. The SMILES string of the molecule is CCNc1cccc(Cn2nc3cnccn3c2=O)n1. The molecule has 0 aliphatic rings. The lowest BCUT2D eigenvalue weighted by molar-refractivity contribution is 0.647. The Morgan fingerprint density at radius 1 is 1.35 bits per heavy atom. The molecule has 1 N–H and O–H groups in total. The van der Waals surface area contributed by atoms with Crippen LogP contribution in [0.1, 0.15) is 12.6 Å². The first kappa shape index (κ1) is 12.3. The monoisotopic (exact) mass is 270 g/mol. The van der Waals surface area contributed by atoms with Crippen molar-refractivity contribution >= 4 is 11.5 Å². The molecule has 0 saturated carbocycles. The van der Waals surface area contributed by atoms with E-state index in [4.69, 9.17) is 0 Å². The van der Waals surface area contributed by atoms with Crippen LogP contribution in [0, 0.1) is 0 Å². The van der Waals surface area contributed by atoms with Crippen molar-refractivity contribution in [2.45, 2.75) is 13.5 Å². The average Bonchev–Trinajstić information content (AvgIpc) is 2.77. The second kappa shape index (κ2) is 5.12. The topological polar surface area (TPSA) is 77.1 Å². The van der Waals surface area contributed by atoms with Crippen LogP contribution in [0.4, 0.5) is 5.82 Å². The molecule has 0 bridgehead atoms. The molecule has 0 fully saturated rings. The summed E-state index contributed by atoms with van der Waals surface area (Å²) in [5.74, 6) is 0.795. The van der Waals surface area contributed by atoms with Gasteiger partial charge in [0.1, 0.15) is 5.82 Å². The predicted molar refractivity (Wildman–Crippen MR) is 74.7 cm³/mol. The molecule has 0 aliphatic heterocycles. The molecule has 102 valence electrons. The molecule has 3 aromatic rings. The van der Waals surface area contributed by atoms with Crippen LogP contribution in [0.2, 0.25) is 0 Å². The van der Waals surface area contributed by atoms with Gasteiger partial charge in [0.25, 0.3) is 0 Å². The normalized spacial score (nSPS) is 10.8. The van der Waals surface area contributed by atoms with Crippen LogP contribution in [0.25, 0.3) is 5.65 Å². The van der Waals surface area contributed by atoms with Crippen molar-refractivity contribution in [3.8, 4) is 0 Å². The number of aromatic nitrogens is 5. The van der Waals surface area contributed by atoms with E-state index < -0.39 is 0 Å². The van der Waals surface area contributed by atoms with Gasteiger partial charge in [0, 0.05) is 18.9 Å². The second-order valence-corrected chi connectivity index (χ2v) is 4.29. The molecule has 0 unspecified atom stereocenters. The quantitative estimate of drug-likeness (QED) is 0.757. The third kappa shape index (κ3) is 2.25. The summed E-state index contributed by atoms with van der Waals surface area (Å²) >= 11 is 0. The van der Waals surface area contributed by atoms with E-state index in [0.29, 0.717) is 12.2 Å². The molecule has 0 aromatic carbocycles. The summed E-state index contributed by atoms with van der Waals surface area (Å²) in [5.41, 5.74) is 1.11. The fraction of sp³-hybridized carbons (Fsp3) is 0.231. The van der Waals surface area contributed by atoms with E-state index in [2.05, 4.69) is 20.4 Å². The van der Waals surface area contributed by atoms with Crippen LogP contribution in [0.3, 0.4) is 0 Å². The van der Waals surface area contributed by atoms with E-state index in [9.17, 15) is 4.79 Å². The molecule has 20 heavy (non-hydrogen) atoms. The smallest absolute Gasteiger partial charge is 0.350 e. The molecule has 3 rings (SSSR count). The van der Waals surface area contributed by atoms with Crippen LogP contribution in [-0.2, 0) is 6.54 Å². The minimum atomic E-state index is -0.196. The first-order chi connectivity index (χ1) is 9.78. The van der Waals surface area contributed by atoms with Gasteiger partial charge in [0.05, 0.1) is 18.4 Å². The van der Waals surface area contributed by atoms with Gasteiger partial charge in [-0.3, -0.25) is 4.98 Å². The van der Waals surface area contributed by atoms with E-state index in [1.54, 1.807) is 18.6 Å². The van der Waals surface area contributed by atoms with Crippen molar-refractivity contribution in [2.75, 3.05) is 11.9 Å². The van der Waals surface area contributed by atoms with Gasteiger partial charge in [-0.2, -0.15) is 0 Å². The Labute approximate surface area is 114 Å². The Morgan fingerprint density at radius 3 is 3.05 bits per heavy atom. The summed E-state index contributed by atoms with van der Waals surface area (Å²) in [7, 11) is 0. The van der Waals surface area contributed by atoms with Gasteiger partial charge in [0.15, 0.2) is 5.65 Å². The second-order valence-electron chi connectivity index (χ2n) is 4.29. The Balaban J connectivity index is 1.95. The van der Waals surface area contributed by atoms with Crippen molar-refractivity contribution in [1.29, 1.82) is 0 Å². The maximum Gasteiger partial charge on any atom is 0.350 e. The molecule has 3 heterocycles. The number of fused-ring (bicyclic) bond motifs is 1. The van der Waals surface area contributed by atoms with Gasteiger partial charge in [0.2, 0.25) is 0 Å². The number of hydrogen-bond acceptors (Lipinski definition) is 5. The molecule has 0 amide bonds. The molecular weight excluding hydrogens is 256 g/mol. The highest BCUT2D eigenvalue weighted by Gasteiger charge is 2.07. The highest BCUT2D eigenvalue weighted by atomic mass is 16.2. The van der Waals surface area contributed by atoms with Crippen molar-refractivity contribution in [3.63, 3.8) is 0 Å². The molecule has 0 saturated heterocycles. The molecule has 7 nitrogen and oxygen atoms in total. The summed E-state index contributed by atoms with van der Waals surface area (Å²) in [6.07, 6.45) is 4.72. The van der Waals surface area contributed by atoms with Crippen molar-refractivity contribution < 1.29 is 0 Å². The van der Waals surface area contributed by atoms with Crippen LogP contribution >= 0.6 is 0 Å². The van der Waals surface area contributed by atoms with Crippen LogP contribution < -0.4 is 11.0 Å². The first-order valence-corrected chi connectivity index (χ1v) is 6.37. The highest BCUT2D eigenvalue weighted by molar-refractivity contribution is 5.35. The van der Waals surface area contributed by atoms with Gasteiger partial charge in [-0.05, 0) is 19.1 Å². The van der Waals surface area contributed by atoms with Crippen molar-refractivity contribution in [1.82, 2.24) is 24.1 Å². The van der Waals surface area contributed by atoms with Crippen LogP contribution in [0.15, 0.2) is 41.6 Å². The molecule has 0 spiro atoms. The average molecular weight is 270 g/mol. The Bertz CT molecular complexity index is 791. The fourth-order valence-corrected chi connectivity index (χ4v) is 1.98. The van der Waals surface area contributed by atoms with E-state index in [-0.39, 0.29) is 5.69 Å². The lowest BCUT2D eigenvalue weighted by Gasteiger charge is -2.04. The summed E-state index contributed by atoms with van der Waals surface area (Å²) in [5, 5.41) is 7.37. The summed E-state index contributed by atoms with van der Waals surface area (Å²) in [6, 6.07) is 5.67. The number of hydrogen-bond donors (Lipinski definition) is 1. The van der Waals surface area contributed by atoms with Crippen molar-refractivity contribution in [2.24, 2.45) is 0 Å². The van der Waals surface area contributed by atoms with E-state index >= 15 is 0 Å². The zero-order valence-electron chi connectivity index (χ0n) is 11.0. The molecule has 0 atom stereocenters. The van der Waals surface area contributed by atoms with E-state index in [1.807, 2.05) is 25.1 Å². The van der Waals surface area contributed by atoms with Gasteiger partial charge >= 0.3 is 5.69 Å². The lowest BCUT2D eigenvalue weighted by atomic mass is 10.3. The molecule has 0 radical (unpaired) electrons. The summed E-state index contributed by atoms with van der Waals surface area (Å²) in [4.78, 5) is 20.5. The standard InChI is InChI=1S/C13H14N6O/c1-2-15-11-5-3-4-10(16-11)9-19-13(20)18-7-6-14-8-12(18)17-19/h3-8H,2,9H2,1H3,(H,15,16). The minimum Gasteiger partial charge on any atom is -0.370 e. The first-order valence-electron chi connectivity index (χ1n) is 6.37. The highest BCUT2D eigenvalue weighted by Crippen LogP contribution is 2.05. The Morgan fingerprint density at radius 2 is 2.25 bits per heavy atom. The lowest BCUT2D eigenvalue weighted by Crippen LogP contribution is -2.22. The molecule has 3 aromatic heterocycles. The number of nitrogens with one attached hydrogen (secondary N) is 1. The van der Waals surface area contributed by atoms with E-state index in [1.165, 1.54) is 9.08 Å².